The molecule has 0 aromatic heterocycles. The minimum atomic E-state index is -0.451. The largest absolute Gasteiger partial charge is 0.444 e. The summed E-state index contributed by atoms with van der Waals surface area (Å²) in [6.45, 7) is 6.99. The molecule has 1 aromatic rings. The fraction of sp³-hybridized carbons (Fsp3) is 0.533. The summed E-state index contributed by atoms with van der Waals surface area (Å²) in [5.74, 6) is 0. The SMILES string of the molecule is CC(C)(C)OC(=O)N1CCCc2cc(N)ccc2C1. The van der Waals surface area contributed by atoms with Crippen molar-refractivity contribution in [3.63, 3.8) is 0 Å². The van der Waals surface area contributed by atoms with E-state index in [1.807, 2.05) is 39.0 Å². The first-order valence-corrected chi connectivity index (χ1v) is 6.70. The van der Waals surface area contributed by atoms with Crippen LogP contribution < -0.4 is 5.73 Å². The summed E-state index contributed by atoms with van der Waals surface area (Å²) in [6.07, 6.45) is 1.66. The topological polar surface area (TPSA) is 55.6 Å². The Kier molecular flexibility index (Phi) is 3.69. The lowest BCUT2D eigenvalue weighted by Gasteiger charge is -2.26. The van der Waals surface area contributed by atoms with Gasteiger partial charge >= 0.3 is 6.09 Å². The predicted octanol–water partition coefficient (Wildman–Crippen LogP) is 2.95. The van der Waals surface area contributed by atoms with Gasteiger partial charge in [-0.3, -0.25) is 0 Å². The van der Waals surface area contributed by atoms with Crippen LogP contribution in [0.2, 0.25) is 0 Å². The summed E-state index contributed by atoms with van der Waals surface area (Å²) < 4.78 is 5.43. The first kappa shape index (κ1) is 13.7. The van der Waals surface area contributed by atoms with Crippen molar-refractivity contribution in [2.45, 2.75) is 45.8 Å². The first-order chi connectivity index (χ1) is 8.85. The molecule has 2 rings (SSSR count). The molecular formula is C15H22N2O2. The Morgan fingerprint density at radius 3 is 2.74 bits per heavy atom. The molecule has 0 bridgehead atoms. The van der Waals surface area contributed by atoms with Crippen LogP contribution in [0.5, 0.6) is 0 Å². The van der Waals surface area contributed by atoms with E-state index < -0.39 is 5.60 Å². The van der Waals surface area contributed by atoms with Crippen molar-refractivity contribution in [3.05, 3.63) is 29.3 Å². The van der Waals surface area contributed by atoms with E-state index in [0.717, 1.165) is 30.6 Å². The number of carbonyl (C=O) groups excluding carboxylic acids is 1. The normalized spacial score (nSPS) is 15.6. The molecule has 0 unspecified atom stereocenters. The fourth-order valence-electron chi connectivity index (χ4n) is 2.26. The molecule has 1 aliphatic heterocycles. The molecule has 19 heavy (non-hydrogen) atoms. The summed E-state index contributed by atoms with van der Waals surface area (Å²) in [7, 11) is 0. The number of hydrogen-bond donors (Lipinski definition) is 1. The number of fused-ring (bicyclic) bond motifs is 1. The summed E-state index contributed by atoms with van der Waals surface area (Å²) in [5, 5.41) is 0. The Morgan fingerprint density at radius 1 is 1.32 bits per heavy atom. The predicted molar refractivity (Wildman–Crippen MR) is 75.8 cm³/mol. The summed E-state index contributed by atoms with van der Waals surface area (Å²) in [6, 6.07) is 5.90. The Morgan fingerprint density at radius 2 is 2.05 bits per heavy atom. The maximum absolute atomic E-state index is 12.1. The van der Waals surface area contributed by atoms with Crippen LogP contribution in [0.4, 0.5) is 10.5 Å². The Balaban J connectivity index is 2.13. The number of anilines is 1. The zero-order chi connectivity index (χ0) is 14.0. The van der Waals surface area contributed by atoms with Gasteiger partial charge in [0.1, 0.15) is 5.60 Å². The molecule has 1 amide bonds. The number of nitrogens with two attached hydrogens (primary N) is 1. The van der Waals surface area contributed by atoms with Crippen molar-refractivity contribution in [1.29, 1.82) is 0 Å². The van der Waals surface area contributed by atoms with Gasteiger partial charge in [0.05, 0.1) is 0 Å². The molecule has 2 N–H and O–H groups in total. The van der Waals surface area contributed by atoms with Gasteiger partial charge in [-0.05, 0) is 56.9 Å². The molecule has 1 heterocycles. The second kappa shape index (κ2) is 5.11. The first-order valence-electron chi connectivity index (χ1n) is 6.70. The van der Waals surface area contributed by atoms with Gasteiger partial charge in [0, 0.05) is 18.8 Å². The number of aryl methyl sites for hydroxylation is 1. The van der Waals surface area contributed by atoms with Crippen LogP contribution in [-0.4, -0.2) is 23.1 Å². The quantitative estimate of drug-likeness (QED) is 0.731. The summed E-state index contributed by atoms with van der Waals surface area (Å²) >= 11 is 0. The van der Waals surface area contributed by atoms with E-state index in [0.29, 0.717) is 6.54 Å². The number of rotatable bonds is 0. The summed E-state index contributed by atoms with van der Waals surface area (Å²) in [4.78, 5) is 13.9. The zero-order valence-electron chi connectivity index (χ0n) is 11.9. The molecule has 0 saturated heterocycles. The summed E-state index contributed by atoms with van der Waals surface area (Å²) in [5.41, 5.74) is 8.54. The number of ether oxygens (including phenoxy) is 1. The monoisotopic (exact) mass is 262 g/mol. The van der Waals surface area contributed by atoms with Crippen molar-refractivity contribution >= 4 is 11.8 Å². The third kappa shape index (κ3) is 3.63. The Hall–Kier alpha value is -1.71. The average Bonchev–Trinajstić information content (AvgIpc) is 2.48. The van der Waals surface area contributed by atoms with Crippen molar-refractivity contribution in [1.82, 2.24) is 4.90 Å². The molecule has 0 fully saturated rings. The van der Waals surface area contributed by atoms with Crippen molar-refractivity contribution in [2.24, 2.45) is 0 Å². The lowest BCUT2D eigenvalue weighted by molar-refractivity contribution is 0.0237. The Bertz CT molecular complexity index is 478. The molecule has 1 aliphatic rings. The highest BCUT2D eigenvalue weighted by atomic mass is 16.6. The van der Waals surface area contributed by atoms with Crippen molar-refractivity contribution < 1.29 is 9.53 Å². The van der Waals surface area contributed by atoms with Gasteiger partial charge in [-0.2, -0.15) is 0 Å². The lowest BCUT2D eigenvalue weighted by atomic mass is 10.0. The number of amides is 1. The molecule has 1 aromatic carbocycles. The highest BCUT2D eigenvalue weighted by molar-refractivity contribution is 5.68. The van der Waals surface area contributed by atoms with E-state index in [1.165, 1.54) is 5.56 Å². The van der Waals surface area contributed by atoms with Gasteiger partial charge in [-0.25, -0.2) is 4.79 Å². The van der Waals surface area contributed by atoms with Crippen LogP contribution in [-0.2, 0) is 17.7 Å². The van der Waals surface area contributed by atoms with Gasteiger partial charge in [0.15, 0.2) is 0 Å². The van der Waals surface area contributed by atoms with Crippen LogP contribution in [0.15, 0.2) is 18.2 Å². The van der Waals surface area contributed by atoms with Crippen molar-refractivity contribution in [2.75, 3.05) is 12.3 Å². The number of hydrogen-bond acceptors (Lipinski definition) is 3. The van der Waals surface area contributed by atoms with E-state index in [2.05, 4.69) is 0 Å². The number of nitrogen functional groups attached to an aromatic ring is 1. The number of benzene rings is 1. The average molecular weight is 262 g/mol. The third-order valence-electron chi connectivity index (χ3n) is 3.12. The van der Waals surface area contributed by atoms with Crippen LogP contribution in [0.3, 0.4) is 0 Å². The zero-order valence-corrected chi connectivity index (χ0v) is 11.9. The van der Waals surface area contributed by atoms with E-state index in [1.54, 1.807) is 4.90 Å². The fourth-order valence-corrected chi connectivity index (χ4v) is 2.26. The standard InChI is InChI=1S/C15H22N2O2/c1-15(2,3)19-14(18)17-8-4-5-11-9-13(16)7-6-12(11)10-17/h6-7,9H,4-5,8,10,16H2,1-3H3. The molecule has 4 nitrogen and oxygen atoms in total. The minimum Gasteiger partial charge on any atom is -0.444 e. The van der Waals surface area contributed by atoms with E-state index in [4.69, 9.17) is 10.5 Å². The van der Waals surface area contributed by atoms with E-state index in [9.17, 15) is 4.79 Å². The van der Waals surface area contributed by atoms with Gasteiger partial charge in [0.25, 0.3) is 0 Å². The lowest BCUT2D eigenvalue weighted by Crippen LogP contribution is -2.36. The minimum absolute atomic E-state index is 0.239. The molecule has 0 aliphatic carbocycles. The second-order valence-electron chi connectivity index (χ2n) is 6.03. The van der Waals surface area contributed by atoms with Crippen LogP contribution in [0.25, 0.3) is 0 Å². The number of nitrogens with zero attached hydrogens (tertiary/aromatic N) is 1. The van der Waals surface area contributed by atoms with Gasteiger partial charge in [0.2, 0.25) is 0 Å². The second-order valence-corrected chi connectivity index (χ2v) is 6.03. The van der Waals surface area contributed by atoms with Crippen LogP contribution >= 0.6 is 0 Å². The van der Waals surface area contributed by atoms with Gasteiger partial charge in [-0.15, -0.1) is 0 Å². The molecular weight excluding hydrogens is 240 g/mol. The highest BCUT2D eigenvalue weighted by Gasteiger charge is 2.24. The number of carbonyl (C=O) groups is 1. The molecule has 4 heteroatoms. The molecule has 0 spiro atoms. The smallest absolute Gasteiger partial charge is 0.410 e. The van der Waals surface area contributed by atoms with E-state index in [-0.39, 0.29) is 6.09 Å². The maximum atomic E-state index is 12.1. The van der Waals surface area contributed by atoms with Crippen LogP contribution in [0, 0.1) is 0 Å². The van der Waals surface area contributed by atoms with E-state index >= 15 is 0 Å². The third-order valence-corrected chi connectivity index (χ3v) is 3.12. The molecule has 0 radical (unpaired) electrons. The maximum Gasteiger partial charge on any atom is 0.410 e. The Labute approximate surface area is 114 Å². The van der Waals surface area contributed by atoms with Gasteiger partial charge < -0.3 is 15.4 Å². The van der Waals surface area contributed by atoms with Gasteiger partial charge in [-0.1, -0.05) is 6.07 Å². The highest BCUT2D eigenvalue weighted by Crippen LogP contribution is 2.22. The van der Waals surface area contributed by atoms with Crippen LogP contribution in [0.1, 0.15) is 38.3 Å². The molecule has 104 valence electrons. The molecule has 0 saturated carbocycles. The molecule has 0 atom stereocenters. The van der Waals surface area contributed by atoms with Crippen molar-refractivity contribution in [3.8, 4) is 0 Å².